The van der Waals surface area contributed by atoms with Crippen LogP contribution < -0.4 is 11.1 Å². The largest absolute Gasteiger partial charge is 0.363 e. The summed E-state index contributed by atoms with van der Waals surface area (Å²) in [6, 6.07) is 7.97. The fraction of sp³-hybridized carbons (Fsp3) is 0.429. The van der Waals surface area contributed by atoms with Crippen LogP contribution in [0.5, 0.6) is 0 Å². The van der Waals surface area contributed by atoms with E-state index in [1.165, 1.54) is 0 Å². The number of hydrogen-bond donors (Lipinski definition) is 2. The molecule has 18 heavy (non-hydrogen) atoms. The molecule has 1 heterocycles. The molecule has 2 rings (SSSR count). The Kier molecular flexibility index (Phi) is 3.48. The second-order valence-corrected chi connectivity index (χ2v) is 5.14. The Bertz CT molecular complexity index is 533. The van der Waals surface area contributed by atoms with Crippen molar-refractivity contribution in [2.24, 2.45) is 11.7 Å². The Morgan fingerprint density at radius 3 is 2.67 bits per heavy atom. The molecule has 2 aromatic rings. The third-order valence-electron chi connectivity index (χ3n) is 3.65. The Balaban J connectivity index is 2.43. The summed E-state index contributed by atoms with van der Waals surface area (Å²) in [6.45, 7) is 6.99. The van der Waals surface area contributed by atoms with Crippen LogP contribution in [0, 0.1) is 5.92 Å². The van der Waals surface area contributed by atoms with Gasteiger partial charge in [0.25, 0.3) is 0 Å². The molecule has 1 aromatic carbocycles. The van der Waals surface area contributed by atoms with E-state index in [1.807, 2.05) is 24.3 Å². The summed E-state index contributed by atoms with van der Waals surface area (Å²) < 4.78 is 0. The van der Waals surface area contributed by atoms with Crippen LogP contribution in [0.3, 0.4) is 0 Å². The van der Waals surface area contributed by atoms with Crippen LogP contribution in [0.1, 0.15) is 20.8 Å². The molecule has 0 saturated carbocycles. The zero-order valence-corrected chi connectivity index (χ0v) is 11.1. The van der Waals surface area contributed by atoms with Gasteiger partial charge in [-0.15, -0.1) is 0 Å². The normalized spacial score (nSPS) is 14.7. The van der Waals surface area contributed by atoms with E-state index < -0.39 is 0 Å². The number of anilines is 1. The van der Waals surface area contributed by atoms with Crippen LogP contribution in [-0.2, 0) is 0 Å². The maximum atomic E-state index is 5.89. The molecular weight excluding hydrogens is 224 g/mol. The van der Waals surface area contributed by atoms with Gasteiger partial charge in [-0.25, -0.2) is 9.97 Å². The van der Waals surface area contributed by atoms with Gasteiger partial charge in [0.2, 0.25) is 0 Å². The number of nitrogens with zero attached hydrogens (tertiary/aromatic N) is 2. The summed E-state index contributed by atoms with van der Waals surface area (Å²) in [5, 5.41) is 4.50. The van der Waals surface area contributed by atoms with Gasteiger partial charge < -0.3 is 11.1 Å². The van der Waals surface area contributed by atoms with Gasteiger partial charge in [-0.05, 0) is 25.0 Å². The van der Waals surface area contributed by atoms with Gasteiger partial charge in [-0.1, -0.05) is 26.0 Å². The van der Waals surface area contributed by atoms with Gasteiger partial charge in [-0.2, -0.15) is 0 Å². The number of para-hydroxylation sites is 1. The van der Waals surface area contributed by atoms with E-state index >= 15 is 0 Å². The lowest BCUT2D eigenvalue weighted by Gasteiger charge is -2.34. The van der Waals surface area contributed by atoms with Crippen molar-refractivity contribution >= 4 is 16.7 Å². The molecule has 96 valence electrons. The zero-order valence-electron chi connectivity index (χ0n) is 11.1. The molecule has 0 bridgehead atoms. The lowest BCUT2D eigenvalue weighted by molar-refractivity contribution is 0.382. The third-order valence-corrected chi connectivity index (χ3v) is 3.65. The zero-order chi connectivity index (χ0) is 13.2. The minimum absolute atomic E-state index is 0.170. The van der Waals surface area contributed by atoms with Crippen molar-refractivity contribution in [1.82, 2.24) is 9.97 Å². The van der Waals surface area contributed by atoms with Crippen LogP contribution in [0.25, 0.3) is 10.9 Å². The van der Waals surface area contributed by atoms with E-state index in [9.17, 15) is 0 Å². The number of benzene rings is 1. The van der Waals surface area contributed by atoms with E-state index in [2.05, 4.69) is 36.1 Å². The Hall–Kier alpha value is -1.68. The second-order valence-electron chi connectivity index (χ2n) is 5.14. The first-order valence-corrected chi connectivity index (χ1v) is 6.25. The molecule has 3 N–H and O–H groups in total. The predicted octanol–water partition coefficient (Wildman–Crippen LogP) is 2.42. The molecule has 0 saturated heterocycles. The number of rotatable bonds is 4. The van der Waals surface area contributed by atoms with Crippen molar-refractivity contribution in [3.8, 4) is 0 Å². The molecule has 4 nitrogen and oxygen atoms in total. The standard InChI is InChI=1S/C14H20N4/c1-10(2)14(3,8-15)18-13-11-6-4-5-7-12(11)16-9-17-13/h4-7,9-10H,8,15H2,1-3H3,(H,16,17,18). The summed E-state index contributed by atoms with van der Waals surface area (Å²) >= 11 is 0. The summed E-state index contributed by atoms with van der Waals surface area (Å²) in [4.78, 5) is 8.60. The first kappa shape index (κ1) is 12.8. The molecule has 0 spiro atoms. The monoisotopic (exact) mass is 244 g/mol. The van der Waals surface area contributed by atoms with Gasteiger partial charge in [-0.3, -0.25) is 0 Å². The molecule has 0 fully saturated rings. The maximum absolute atomic E-state index is 5.89. The van der Waals surface area contributed by atoms with Crippen LogP contribution >= 0.6 is 0 Å². The average molecular weight is 244 g/mol. The highest BCUT2D eigenvalue weighted by Crippen LogP contribution is 2.25. The van der Waals surface area contributed by atoms with Gasteiger partial charge in [0.1, 0.15) is 12.1 Å². The first-order valence-electron chi connectivity index (χ1n) is 6.25. The Labute approximate surface area is 108 Å². The number of hydrogen-bond acceptors (Lipinski definition) is 4. The van der Waals surface area contributed by atoms with Crippen molar-refractivity contribution in [3.63, 3.8) is 0 Å². The minimum Gasteiger partial charge on any atom is -0.363 e. The molecule has 0 radical (unpaired) electrons. The fourth-order valence-corrected chi connectivity index (χ4v) is 1.81. The van der Waals surface area contributed by atoms with Crippen LogP contribution in [0.15, 0.2) is 30.6 Å². The van der Waals surface area contributed by atoms with Gasteiger partial charge in [0.15, 0.2) is 0 Å². The van der Waals surface area contributed by atoms with Crippen LogP contribution in [0.2, 0.25) is 0 Å². The number of nitrogens with one attached hydrogen (secondary N) is 1. The summed E-state index contributed by atoms with van der Waals surface area (Å²) in [7, 11) is 0. The summed E-state index contributed by atoms with van der Waals surface area (Å²) in [6.07, 6.45) is 1.59. The molecule has 1 aromatic heterocycles. The first-order chi connectivity index (χ1) is 8.57. The fourth-order valence-electron chi connectivity index (χ4n) is 1.81. The minimum atomic E-state index is -0.170. The molecule has 0 aliphatic carbocycles. The van der Waals surface area contributed by atoms with Crippen molar-refractivity contribution in [2.75, 3.05) is 11.9 Å². The molecule has 0 aliphatic rings. The molecular formula is C14H20N4. The van der Waals surface area contributed by atoms with Gasteiger partial charge in [0.05, 0.1) is 11.1 Å². The van der Waals surface area contributed by atoms with Gasteiger partial charge >= 0.3 is 0 Å². The second kappa shape index (κ2) is 4.90. The Morgan fingerprint density at radius 1 is 1.28 bits per heavy atom. The topological polar surface area (TPSA) is 63.8 Å². The van der Waals surface area contributed by atoms with Crippen LogP contribution in [-0.4, -0.2) is 22.1 Å². The van der Waals surface area contributed by atoms with E-state index in [0.29, 0.717) is 12.5 Å². The lowest BCUT2D eigenvalue weighted by Crippen LogP contribution is -2.47. The smallest absolute Gasteiger partial charge is 0.137 e. The summed E-state index contributed by atoms with van der Waals surface area (Å²) in [5.41, 5.74) is 6.67. The molecule has 1 atom stereocenters. The Morgan fingerprint density at radius 2 is 2.00 bits per heavy atom. The predicted molar refractivity (Wildman–Crippen MR) is 75.5 cm³/mol. The number of fused-ring (bicyclic) bond motifs is 1. The van der Waals surface area contributed by atoms with Crippen molar-refractivity contribution < 1.29 is 0 Å². The van der Waals surface area contributed by atoms with Crippen molar-refractivity contribution in [2.45, 2.75) is 26.3 Å². The number of nitrogens with two attached hydrogens (primary N) is 1. The maximum Gasteiger partial charge on any atom is 0.137 e. The average Bonchev–Trinajstić information content (AvgIpc) is 2.39. The molecule has 0 amide bonds. The van der Waals surface area contributed by atoms with E-state index in [-0.39, 0.29) is 5.54 Å². The highest BCUT2D eigenvalue weighted by atomic mass is 15.1. The molecule has 1 unspecified atom stereocenters. The summed E-state index contributed by atoms with van der Waals surface area (Å²) in [5.74, 6) is 1.26. The lowest BCUT2D eigenvalue weighted by atomic mass is 9.88. The van der Waals surface area contributed by atoms with Crippen molar-refractivity contribution in [3.05, 3.63) is 30.6 Å². The SMILES string of the molecule is CC(C)C(C)(CN)Nc1ncnc2ccccc12. The molecule has 0 aliphatic heterocycles. The van der Waals surface area contributed by atoms with Crippen LogP contribution in [0.4, 0.5) is 5.82 Å². The highest BCUT2D eigenvalue weighted by molar-refractivity contribution is 5.88. The van der Waals surface area contributed by atoms with E-state index in [0.717, 1.165) is 16.7 Å². The van der Waals surface area contributed by atoms with Gasteiger partial charge in [0, 0.05) is 11.9 Å². The highest BCUT2D eigenvalue weighted by Gasteiger charge is 2.27. The van der Waals surface area contributed by atoms with E-state index in [4.69, 9.17) is 5.73 Å². The van der Waals surface area contributed by atoms with Crippen molar-refractivity contribution in [1.29, 1.82) is 0 Å². The number of aromatic nitrogens is 2. The quantitative estimate of drug-likeness (QED) is 0.867. The van der Waals surface area contributed by atoms with E-state index in [1.54, 1.807) is 6.33 Å². The third kappa shape index (κ3) is 2.29. The molecule has 4 heteroatoms.